The molecule has 3 rings (SSSR count). The van der Waals surface area contributed by atoms with E-state index in [2.05, 4.69) is 16.0 Å². The van der Waals surface area contributed by atoms with Crippen LogP contribution in [0.4, 0.5) is 0 Å². The minimum Gasteiger partial charge on any atom is -0.331 e. The van der Waals surface area contributed by atoms with E-state index in [1.54, 1.807) is 18.5 Å². The fourth-order valence-corrected chi connectivity index (χ4v) is 2.15. The van der Waals surface area contributed by atoms with Crippen molar-refractivity contribution in [1.29, 1.82) is 5.26 Å². The highest BCUT2D eigenvalue weighted by Crippen LogP contribution is 2.18. The molecule has 19 heavy (non-hydrogen) atoms. The Morgan fingerprint density at radius 2 is 2.00 bits per heavy atom. The number of hydrogen-bond donors (Lipinski definition) is 0. The first kappa shape index (κ1) is 11.4. The van der Waals surface area contributed by atoms with Crippen LogP contribution in [0, 0.1) is 11.3 Å². The van der Waals surface area contributed by atoms with Crippen molar-refractivity contribution in [2.24, 2.45) is 7.05 Å². The van der Waals surface area contributed by atoms with Crippen molar-refractivity contribution in [3.8, 4) is 6.07 Å². The summed E-state index contributed by atoms with van der Waals surface area (Å²) in [5, 5.41) is 8.94. The van der Waals surface area contributed by atoms with E-state index < -0.39 is 0 Å². The van der Waals surface area contributed by atoms with Gasteiger partial charge < -0.3 is 4.57 Å². The van der Waals surface area contributed by atoms with Gasteiger partial charge in [-0.2, -0.15) is 5.26 Å². The minimum absolute atomic E-state index is 0.658. The number of imidazole rings is 1. The van der Waals surface area contributed by atoms with E-state index in [-0.39, 0.29) is 0 Å². The van der Waals surface area contributed by atoms with Gasteiger partial charge in [0, 0.05) is 25.9 Å². The van der Waals surface area contributed by atoms with Gasteiger partial charge in [-0.05, 0) is 35.9 Å². The third-order valence-electron chi connectivity index (χ3n) is 3.21. The lowest BCUT2D eigenvalue weighted by Crippen LogP contribution is -1.99. The van der Waals surface area contributed by atoms with E-state index in [0.717, 1.165) is 23.3 Å². The molecule has 0 aliphatic heterocycles. The van der Waals surface area contributed by atoms with E-state index in [9.17, 15) is 0 Å². The Balaban J connectivity index is 2.06. The lowest BCUT2D eigenvalue weighted by Gasteiger charge is -2.02. The van der Waals surface area contributed by atoms with Gasteiger partial charge in [0.25, 0.3) is 0 Å². The van der Waals surface area contributed by atoms with Gasteiger partial charge in [-0.25, -0.2) is 4.98 Å². The zero-order valence-corrected chi connectivity index (χ0v) is 10.5. The largest absolute Gasteiger partial charge is 0.331 e. The van der Waals surface area contributed by atoms with Crippen molar-refractivity contribution in [3.63, 3.8) is 0 Å². The van der Waals surface area contributed by atoms with E-state index in [4.69, 9.17) is 5.26 Å². The molecule has 0 bridgehead atoms. The Labute approximate surface area is 111 Å². The third kappa shape index (κ3) is 2.06. The normalized spacial score (nSPS) is 10.5. The number of aryl methyl sites for hydroxylation is 1. The molecule has 0 atom stereocenters. The summed E-state index contributed by atoms with van der Waals surface area (Å²) in [4.78, 5) is 8.63. The molecule has 1 aromatic carbocycles. The SMILES string of the molecule is Cn1c(Cc2ccncc2)nc2ccc(C#N)cc21. The van der Waals surface area contributed by atoms with Gasteiger partial charge in [-0.3, -0.25) is 4.98 Å². The monoisotopic (exact) mass is 248 g/mol. The second-order valence-electron chi connectivity index (χ2n) is 4.43. The maximum absolute atomic E-state index is 8.94. The lowest BCUT2D eigenvalue weighted by atomic mass is 10.2. The molecule has 4 heteroatoms. The van der Waals surface area contributed by atoms with Crippen LogP contribution in [0.5, 0.6) is 0 Å². The highest BCUT2D eigenvalue weighted by molar-refractivity contribution is 5.77. The standard InChI is InChI=1S/C15H12N4/c1-19-14-8-12(10-16)2-3-13(14)18-15(19)9-11-4-6-17-7-5-11/h2-8H,9H2,1H3. The molecule has 0 spiro atoms. The summed E-state index contributed by atoms with van der Waals surface area (Å²) in [5.74, 6) is 0.983. The number of fused-ring (bicyclic) bond motifs is 1. The van der Waals surface area contributed by atoms with Crippen LogP contribution in [-0.2, 0) is 13.5 Å². The van der Waals surface area contributed by atoms with Gasteiger partial charge in [-0.15, -0.1) is 0 Å². The molecule has 0 fully saturated rings. The van der Waals surface area contributed by atoms with Gasteiger partial charge in [0.15, 0.2) is 0 Å². The Kier molecular flexibility index (Phi) is 2.73. The molecule has 0 unspecified atom stereocenters. The zero-order chi connectivity index (χ0) is 13.2. The van der Waals surface area contributed by atoms with Crippen LogP contribution >= 0.6 is 0 Å². The van der Waals surface area contributed by atoms with E-state index in [1.807, 2.05) is 35.9 Å². The second kappa shape index (κ2) is 4.54. The second-order valence-corrected chi connectivity index (χ2v) is 4.43. The molecule has 0 aliphatic carbocycles. The average Bonchev–Trinajstić information content (AvgIpc) is 2.76. The first-order chi connectivity index (χ1) is 9.28. The molecule has 2 heterocycles. The molecule has 0 radical (unpaired) electrons. The van der Waals surface area contributed by atoms with Crippen LogP contribution in [0.25, 0.3) is 11.0 Å². The van der Waals surface area contributed by atoms with E-state index in [1.165, 1.54) is 5.56 Å². The number of hydrogen-bond acceptors (Lipinski definition) is 3. The van der Waals surface area contributed by atoms with Gasteiger partial charge in [0.05, 0.1) is 22.7 Å². The summed E-state index contributed by atoms with van der Waals surface area (Å²) < 4.78 is 2.04. The molecule has 0 aliphatic rings. The Morgan fingerprint density at radius 3 is 2.74 bits per heavy atom. The van der Waals surface area contributed by atoms with Crippen LogP contribution in [0.3, 0.4) is 0 Å². The smallest absolute Gasteiger partial charge is 0.114 e. The van der Waals surface area contributed by atoms with Crippen molar-refractivity contribution in [1.82, 2.24) is 14.5 Å². The molecule has 2 aromatic heterocycles. The van der Waals surface area contributed by atoms with E-state index in [0.29, 0.717) is 5.56 Å². The first-order valence-corrected chi connectivity index (χ1v) is 6.02. The molecule has 3 aromatic rings. The van der Waals surface area contributed by atoms with Crippen LogP contribution in [0.2, 0.25) is 0 Å². The van der Waals surface area contributed by atoms with Crippen molar-refractivity contribution in [2.75, 3.05) is 0 Å². The Morgan fingerprint density at radius 1 is 1.21 bits per heavy atom. The summed E-state index contributed by atoms with van der Waals surface area (Å²) in [6.45, 7) is 0. The van der Waals surface area contributed by atoms with Crippen LogP contribution in [-0.4, -0.2) is 14.5 Å². The number of nitriles is 1. The summed E-state index contributed by atoms with van der Waals surface area (Å²) in [7, 11) is 1.98. The Hall–Kier alpha value is -2.67. The molecular weight excluding hydrogens is 236 g/mol. The van der Waals surface area contributed by atoms with Crippen molar-refractivity contribution >= 4 is 11.0 Å². The molecule has 92 valence electrons. The third-order valence-corrected chi connectivity index (χ3v) is 3.21. The summed E-state index contributed by atoms with van der Waals surface area (Å²) in [6.07, 6.45) is 4.33. The van der Waals surface area contributed by atoms with Crippen LogP contribution in [0.15, 0.2) is 42.7 Å². The van der Waals surface area contributed by atoms with E-state index >= 15 is 0 Å². The van der Waals surface area contributed by atoms with Gasteiger partial charge in [0.2, 0.25) is 0 Å². The number of nitrogens with zero attached hydrogens (tertiary/aromatic N) is 4. The number of pyridine rings is 1. The number of aromatic nitrogens is 3. The molecular formula is C15H12N4. The highest BCUT2D eigenvalue weighted by atomic mass is 15.1. The molecule has 0 saturated carbocycles. The van der Waals surface area contributed by atoms with Crippen LogP contribution < -0.4 is 0 Å². The first-order valence-electron chi connectivity index (χ1n) is 6.02. The quantitative estimate of drug-likeness (QED) is 0.700. The topological polar surface area (TPSA) is 54.5 Å². The Bertz CT molecular complexity index is 766. The lowest BCUT2D eigenvalue weighted by molar-refractivity contribution is 0.844. The summed E-state index contributed by atoms with van der Waals surface area (Å²) >= 11 is 0. The highest BCUT2D eigenvalue weighted by Gasteiger charge is 2.08. The van der Waals surface area contributed by atoms with Crippen molar-refractivity contribution < 1.29 is 0 Å². The molecule has 0 amide bonds. The van der Waals surface area contributed by atoms with Gasteiger partial charge in [0.1, 0.15) is 5.82 Å². The minimum atomic E-state index is 0.658. The maximum atomic E-state index is 8.94. The predicted molar refractivity (Wildman–Crippen MR) is 72.5 cm³/mol. The van der Waals surface area contributed by atoms with Crippen molar-refractivity contribution in [2.45, 2.75) is 6.42 Å². The summed E-state index contributed by atoms with van der Waals surface area (Å²) in [6, 6.07) is 11.7. The maximum Gasteiger partial charge on any atom is 0.114 e. The van der Waals surface area contributed by atoms with Gasteiger partial charge in [-0.1, -0.05) is 0 Å². The van der Waals surface area contributed by atoms with Gasteiger partial charge >= 0.3 is 0 Å². The molecule has 0 N–H and O–H groups in total. The number of benzene rings is 1. The summed E-state index contributed by atoms with van der Waals surface area (Å²) in [5.41, 5.74) is 3.74. The fourth-order valence-electron chi connectivity index (χ4n) is 2.15. The number of rotatable bonds is 2. The average molecular weight is 248 g/mol. The van der Waals surface area contributed by atoms with Crippen molar-refractivity contribution in [3.05, 3.63) is 59.7 Å². The fraction of sp³-hybridized carbons (Fsp3) is 0.133. The molecule has 0 saturated heterocycles. The predicted octanol–water partition coefficient (Wildman–Crippen LogP) is 2.43. The zero-order valence-electron chi connectivity index (χ0n) is 10.5. The van der Waals surface area contributed by atoms with Crippen LogP contribution in [0.1, 0.15) is 17.0 Å². The molecule has 4 nitrogen and oxygen atoms in total.